The Kier molecular flexibility index (Phi) is 3.58. The van der Waals surface area contributed by atoms with E-state index in [0.717, 1.165) is 39.3 Å². The van der Waals surface area contributed by atoms with Gasteiger partial charge in [-0.1, -0.05) is 29.8 Å². The summed E-state index contributed by atoms with van der Waals surface area (Å²) in [7, 11) is 0. The Balaban J connectivity index is 1.72. The second-order valence-electron chi connectivity index (χ2n) is 7.36. The van der Waals surface area contributed by atoms with Crippen LogP contribution in [0.15, 0.2) is 18.7 Å². The highest BCUT2D eigenvalue weighted by Gasteiger charge is 2.49. The molecule has 4 aliphatic carbocycles. The molecule has 0 aliphatic heterocycles. The minimum absolute atomic E-state index is 0.597. The molecule has 0 aromatic heterocycles. The fourth-order valence-corrected chi connectivity index (χ4v) is 6.38. The van der Waals surface area contributed by atoms with Gasteiger partial charge in [0.05, 0.1) is 0 Å². The molecule has 0 atom stereocenters. The van der Waals surface area contributed by atoms with Crippen LogP contribution in [0.25, 0.3) is 0 Å². The third-order valence-corrected chi connectivity index (χ3v) is 6.65. The topological polar surface area (TPSA) is 0 Å². The number of halogens is 2. The van der Waals surface area contributed by atoms with Crippen LogP contribution in [0.1, 0.15) is 49.1 Å². The zero-order valence-electron chi connectivity index (χ0n) is 12.2. The summed E-state index contributed by atoms with van der Waals surface area (Å²) in [4.78, 5) is 0. The first-order chi connectivity index (χ1) is 10.2. The van der Waals surface area contributed by atoms with Gasteiger partial charge in [0.1, 0.15) is 0 Å². The average molecular weight is 320 g/mol. The number of hydrogen-bond acceptors (Lipinski definition) is 0. The van der Waals surface area contributed by atoms with Crippen molar-refractivity contribution in [2.24, 2.45) is 23.7 Å². The summed E-state index contributed by atoms with van der Waals surface area (Å²) in [6.45, 7) is 3.68. The van der Waals surface area contributed by atoms with Gasteiger partial charge in [0.2, 0.25) is 0 Å². The van der Waals surface area contributed by atoms with Gasteiger partial charge in [-0.2, -0.15) is 0 Å². The second kappa shape index (κ2) is 5.32. The van der Waals surface area contributed by atoms with Crippen molar-refractivity contribution in [3.05, 3.63) is 46.0 Å². The number of benzene rings is 1. The van der Waals surface area contributed by atoms with E-state index < -0.39 is 0 Å². The molecule has 2 heteroatoms. The third kappa shape index (κ3) is 2.35. The van der Waals surface area contributed by atoms with Gasteiger partial charge < -0.3 is 0 Å². The van der Waals surface area contributed by atoms with E-state index in [2.05, 4.69) is 24.8 Å². The second-order valence-corrected chi connectivity index (χ2v) is 8.17. The van der Waals surface area contributed by atoms with Crippen LogP contribution in [-0.4, -0.2) is 0 Å². The van der Waals surface area contributed by atoms with Crippen molar-refractivity contribution in [2.75, 3.05) is 0 Å². The molecule has 0 heterocycles. The highest BCUT2D eigenvalue weighted by molar-refractivity contribution is 6.36. The summed E-state index contributed by atoms with van der Waals surface area (Å²) in [5.74, 6) is 4.19. The molecular weight excluding hydrogens is 299 g/mol. The van der Waals surface area contributed by atoms with Crippen molar-refractivity contribution in [2.45, 2.75) is 44.4 Å². The highest BCUT2D eigenvalue weighted by atomic mass is 35.5. The van der Waals surface area contributed by atoms with Crippen LogP contribution in [-0.2, 0) is 6.42 Å². The molecule has 4 fully saturated rings. The number of allylic oxidation sites excluding steroid dienone is 1. The first kappa shape index (κ1) is 14.2. The van der Waals surface area contributed by atoms with E-state index in [-0.39, 0.29) is 0 Å². The maximum absolute atomic E-state index is 6.63. The molecule has 1 aromatic carbocycles. The smallest absolute Gasteiger partial charge is 0.0458 e. The molecule has 0 spiro atoms. The van der Waals surface area contributed by atoms with Gasteiger partial charge in [-0.15, -0.1) is 0 Å². The van der Waals surface area contributed by atoms with Crippen molar-refractivity contribution in [1.29, 1.82) is 0 Å². The van der Waals surface area contributed by atoms with Gasteiger partial charge >= 0.3 is 0 Å². The van der Waals surface area contributed by atoms with Crippen molar-refractivity contribution >= 4 is 23.2 Å². The lowest BCUT2D eigenvalue weighted by Gasteiger charge is -2.55. The van der Waals surface area contributed by atoms with E-state index in [0.29, 0.717) is 12.3 Å². The summed E-state index contributed by atoms with van der Waals surface area (Å²) in [5.41, 5.74) is 2.35. The number of rotatable bonds is 3. The quantitative estimate of drug-likeness (QED) is 0.634. The van der Waals surface area contributed by atoms with Crippen LogP contribution >= 0.6 is 23.2 Å². The Bertz CT molecular complexity index is 524. The average Bonchev–Trinajstić information content (AvgIpc) is 2.40. The van der Waals surface area contributed by atoms with Crippen LogP contribution in [0.5, 0.6) is 0 Å². The Hall–Kier alpha value is -0.460. The molecular formula is C19H21Cl2. The lowest BCUT2D eigenvalue weighted by molar-refractivity contribution is -0.00272. The van der Waals surface area contributed by atoms with Crippen molar-refractivity contribution in [1.82, 2.24) is 0 Å². The van der Waals surface area contributed by atoms with Gasteiger partial charge in [0.15, 0.2) is 0 Å². The summed E-state index contributed by atoms with van der Waals surface area (Å²) >= 11 is 13.3. The molecule has 5 rings (SSSR count). The SMILES string of the molecule is C=[C]Cc1cc(Cl)c(C2C3CC4CC(C3)CC2C4)c(Cl)c1. The van der Waals surface area contributed by atoms with E-state index in [1.165, 1.54) is 37.7 Å². The van der Waals surface area contributed by atoms with Crippen molar-refractivity contribution in [3.63, 3.8) is 0 Å². The predicted molar refractivity (Wildman–Crippen MR) is 88.8 cm³/mol. The fraction of sp³-hybridized carbons (Fsp3) is 0.579. The third-order valence-electron chi connectivity index (χ3n) is 6.03. The molecule has 0 N–H and O–H groups in total. The predicted octanol–water partition coefficient (Wildman–Crippen LogP) is 6.06. The zero-order valence-corrected chi connectivity index (χ0v) is 13.8. The summed E-state index contributed by atoms with van der Waals surface area (Å²) in [6, 6.07) is 4.15. The van der Waals surface area contributed by atoms with Crippen LogP contribution < -0.4 is 0 Å². The van der Waals surface area contributed by atoms with Crippen LogP contribution in [0.3, 0.4) is 0 Å². The Morgan fingerprint density at radius 3 is 1.95 bits per heavy atom. The van der Waals surface area contributed by atoms with E-state index in [1.54, 1.807) is 0 Å². The molecule has 0 unspecified atom stereocenters. The van der Waals surface area contributed by atoms with E-state index >= 15 is 0 Å². The standard InChI is InChI=1S/C19H21Cl2/c1-2-3-11-9-16(20)19(17(21)10-11)18-14-5-12-4-13(7-14)8-15(18)6-12/h9-10,12-15,18H,1,3-8H2. The van der Waals surface area contributed by atoms with Crippen LogP contribution in [0.2, 0.25) is 10.0 Å². The van der Waals surface area contributed by atoms with E-state index in [1.807, 2.05) is 0 Å². The lowest BCUT2D eigenvalue weighted by atomic mass is 9.50. The fourth-order valence-electron chi connectivity index (χ4n) is 5.60. The summed E-state index contributed by atoms with van der Waals surface area (Å²) in [6.07, 6.45) is 10.7. The molecule has 111 valence electrons. The Labute approximate surface area is 137 Å². The van der Waals surface area contributed by atoms with Crippen LogP contribution in [0, 0.1) is 29.7 Å². The molecule has 4 bridgehead atoms. The minimum atomic E-state index is 0.597. The first-order valence-electron chi connectivity index (χ1n) is 8.13. The number of hydrogen-bond donors (Lipinski definition) is 0. The molecule has 0 amide bonds. The first-order valence-corrected chi connectivity index (χ1v) is 8.89. The molecule has 0 nitrogen and oxygen atoms in total. The van der Waals surface area contributed by atoms with Crippen molar-refractivity contribution < 1.29 is 0 Å². The molecule has 4 saturated carbocycles. The normalized spacial score (nSPS) is 37.0. The maximum Gasteiger partial charge on any atom is 0.0458 e. The Morgan fingerprint density at radius 2 is 1.48 bits per heavy atom. The lowest BCUT2D eigenvalue weighted by Crippen LogP contribution is -2.43. The zero-order chi connectivity index (χ0) is 14.6. The largest absolute Gasteiger partial charge is 0.0952 e. The van der Waals surface area contributed by atoms with E-state index in [9.17, 15) is 0 Å². The minimum Gasteiger partial charge on any atom is -0.0952 e. The van der Waals surface area contributed by atoms with Gasteiger partial charge in [0.25, 0.3) is 0 Å². The van der Waals surface area contributed by atoms with Gasteiger partial charge in [-0.3, -0.25) is 0 Å². The summed E-state index contributed by atoms with van der Waals surface area (Å²) in [5, 5.41) is 1.73. The highest BCUT2D eigenvalue weighted by Crippen LogP contribution is 2.61. The molecule has 1 radical (unpaired) electrons. The maximum atomic E-state index is 6.63. The molecule has 4 aliphatic rings. The Morgan fingerprint density at radius 1 is 0.952 bits per heavy atom. The van der Waals surface area contributed by atoms with E-state index in [4.69, 9.17) is 23.2 Å². The molecule has 0 saturated heterocycles. The van der Waals surface area contributed by atoms with Gasteiger partial charge in [0, 0.05) is 10.0 Å². The molecule has 1 aromatic rings. The van der Waals surface area contributed by atoms with Gasteiger partial charge in [-0.05, 0) is 97.5 Å². The summed E-state index contributed by atoms with van der Waals surface area (Å²) < 4.78 is 0. The monoisotopic (exact) mass is 319 g/mol. The van der Waals surface area contributed by atoms with Crippen molar-refractivity contribution in [3.8, 4) is 0 Å². The van der Waals surface area contributed by atoms with Crippen LogP contribution in [0.4, 0.5) is 0 Å². The molecule has 21 heavy (non-hydrogen) atoms. The van der Waals surface area contributed by atoms with Gasteiger partial charge in [-0.25, -0.2) is 0 Å².